The molecule has 2 rings (SSSR count). The maximum absolute atomic E-state index is 10.1. The predicted molar refractivity (Wildman–Crippen MR) is 86.5 cm³/mol. The Balaban J connectivity index is 1.80. The van der Waals surface area contributed by atoms with Crippen LogP contribution < -0.4 is 0 Å². The fourth-order valence-corrected chi connectivity index (χ4v) is 2.43. The standard InChI is InChI=1S/C17H20BrNO/c1-19(13-14-7-9-16(18)10-8-14)12-11-17(20)15-5-3-2-4-6-15/h2-10,17,20H,11-13H2,1H3. The zero-order chi connectivity index (χ0) is 14.4. The topological polar surface area (TPSA) is 23.5 Å². The molecule has 0 bridgehead atoms. The molecular weight excluding hydrogens is 314 g/mol. The molecule has 1 unspecified atom stereocenters. The van der Waals surface area contributed by atoms with Crippen molar-refractivity contribution in [2.24, 2.45) is 0 Å². The number of hydrogen-bond acceptors (Lipinski definition) is 2. The van der Waals surface area contributed by atoms with Gasteiger partial charge in [-0.05, 0) is 36.7 Å². The van der Waals surface area contributed by atoms with Crippen LogP contribution in [-0.2, 0) is 6.54 Å². The van der Waals surface area contributed by atoms with Crippen molar-refractivity contribution in [2.45, 2.75) is 19.1 Å². The molecule has 0 spiro atoms. The van der Waals surface area contributed by atoms with Crippen LogP contribution in [0.4, 0.5) is 0 Å². The first-order chi connectivity index (χ1) is 9.65. The minimum absolute atomic E-state index is 0.386. The highest BCUT2D eigenvalue weighted by atomic mass is 79.9. The fraction of sp³-hybridized carbons (Fsp3) is 0.294. The lowest BCUT2D eigenvalue weighted by atomic mass is 10.1. The van der Waals surface area contributed by atoms with E-state index in [9.17, 15) is 5.11 Å². The SMILES string of the molecule is CN(CCC(O)c1ccccc1)Cc1ccc(Br)cc1. The number of benzene rings is 2. The Morgan fingerprint density at radius 2 is 1.70 bits per heavy atom. The third-order valence-corrected chi connectivity index (χ3v) is 3.86. The highest BCUT2D eigenvalue weighted by Gasteiger charge is 2.08. The summed E-state index contributed by atoms with van der Waals surface area (Å²) in [7, 11) is 2.08. The van der Waals surface area contributed by atoms with Crippen LogP contribution in [0.5, 0.6) is 0 Å². The first-order valence-electron chi connectivity index (χ1n) is 6.81. The molecule has 20 heavy (non-hydrogen) atoms. The third kappa shape index (κ3) is 4.75. The first kappa shape index (κ1) is 15.2. The van der Waals surface area contributed by atoms with Gasteiger partial charge in [-0.2, -0.15) is 0 Å². The van der Waals surface area contributed by atoms with Crippen LogP contribution >= 0.6 is 15.9 Å². The third-order valence-electron chi connectivity index (χ3n) is 3.33. The van der Waals surface area contributed by atoms with Crippen molar-refractivity contribution >= 4 is 15.9 Å². The summed E-state index contributed by atoms with van der Waals surface area (Å²) in [5.41, 5.74) is 2.27. The highest BCUT2D eigenvalue weighted by Crippen LogP contribution is 2.17. The normalized spacial score (nSPS) is 12.6. The second kappa shape index (κ2) is 7.58. The maximum atomic E-state index is 10.1. The fourth-order valence-electron chi connectivity index (χ4n) is 2.17. The van der Waals surface area contributed by atoms with E-state index in [1.165, 1.54) is 5.56 Å². The van der Waals surface area contributed by atoms with E-state index in [-0.39, 0.29) is 6.10 Å². The average Bonchev–Trinajstić information content (AvgIpc) is 2.48. The molecule has 0 aliphatic rings. The molecule has 1 atom stereocenters. The van der Waals surface area contributed by atoms with Crippen molar-refractivity contribution in [1.82, 2.24) is 4.90 Å². The molecule has 0 aromatic heterocycles. The zero-order valence-electron chi connectivity index (χ0n) is 11.7. The number of hydrogen-bond donors (Lipinski definition) is 1. The second-order valence-electron chi connectivity index (χ2n) is 5.08. The van der Waals surface area contributed by atoms with Gasteiger partial charge in [0, 0.05) is 17.6 Å². The smallest absolute Gasteiger partial charge is 0.0802 e. The number of aliphatic hydroxyl groups is 1. The van der Waals surface area contributed by atoms with Crippen molar-refractivity contribution < 1.29 is 5.11 Å². The first-order valence-corrected chi connectivity index (χ1v) is 7.60. The maximum Gasteiger partial charge on any atom is 0.0802 e. The van der Waals surface area contributed by atoms with Gasteiger partial charge in [-0.1, -0.05) is 58.4 Å². The zero-order valence-corrected chi connectivity index (χ0v) is 13.3. The summed E-state index contributed by atoms with van der Waals surface area (Å²) in [5.74, 6) is 0. The Labute approximate surface area is 129 Å². The van der Waals surface area contributed by atoms with Gasteiger partial charge in [0.05, 0.1) is 6.10 Å². The van der Waals surface area contributed by atoms with E-state index in [2.05, 4.69) is 52.1 Å². The monoisotopic (exact) mass is 333 g/mol. The number of nitrogens with zero attached hydrogens (tertiary/aromatic N) is 1. The summed E-state index contributed by atoms with van der Waals surface area (Å²) < 4.78 is 1.10. The second-order valence-corrected chi connectivity index (χ2v) is 6.00. The van der Waals surface area contributed by atoms with Crippen LogP contribution in [0.2, 0.25) is 0 Å². The lowest BCUT2D eigenvalue weighted by Gasteiger charge is -2.19. The van der Waals surface area contributed by atoms with Crippen molar-refractivity contribution in [3.05, 3.63) is 70.2 Å². The summed E-state index contributed by atoms with van der Waals surface area (Å²) in [6, 6.07) is 18.2. The van der Waals surface area contributed by atoms with E-state index >= 15 is 0 Å². The molecule has 0 fully saturated rings. The average molecular weight is 334 g/mol. The van der Waals surface area contributed by atoms with E-state index in [1.807, 2.05) is 30.3 Å². The minimum Gasteiger partial charge on any atom is -0.388 e. The molecule has 0 amide bonds. The van der Waals surface area contributed by atoms with Crippen molar-refractivity contribution in [3.8, 4) is 0 Å². The van der Waals surface area contributed by atoms with Gasteiger partial charge < -0.3 is 10.0 Å². The Kier molecular flexibility index (Phi) is 5.77. The van der Waals surface area contributed by atoms with Crippen molar-refractivity contribution in [1.29, 1.82) is 0 Å². The molecule has 2 aromatic rings. The Morgan fingerprint density at radius 1 is 1.05 bits per heavy atom. The van der Waals surface area contributed by atoms with Gasteiger partial charge in [-0.25, -0.2) is 0 Å². The summed E-state index contributed by atoms with van der Waals surface area (Å²) in [6.07, 6.45) is 0.361. The Bertz CT molecular complexity index is 512. The minimum atomic E-state index is -0.386. The van der Waals surface area contributed by atoms with Crippen LogP contribution in [0.1, 0.15) is 23.7 Å². The molecule has 106 valence electrons. The van der Waals surface area contributed by atoms with E-state index in [0.717, 1.165) is 29.5 Å². The van der Waals surface area contributed by atoms with E-state index < -0.39 is 0 Å². The lowest BCUT2D eigenvalue weighted by molar-refractivity contribution is 0.147. The predicted octanol–water partition coefficient (Wildman–Crippen LogP) is 4.00. The van der Waals surface area contributed by atoms with Gasteiger partial charge in [-0.3, -0.25) is 0 Å². The lowest BCUT2D eigenvalue weighted by Crippen LogP contribution is -2.20. The molecular formula is C17H20BrNO. The van der Waals surface area contributed by atoms with Gasteiger partial charge >= 0.3 is 0 Å². The van der Waals surface area contributed by atoms with Gasteiger partial charge in [0.25, 0.3) is 0 Å². The van der Waals surface area contributed by atoms with E-state index in [0.29, 0.717) is 0 Å². The van der Waals surface area contributed by atoms with Crippen LogP contribution in [0.3, 0.4) is 0 Å². The quantitative estimate of drug-likeness (QED) is 0.863. The van der Waals surface area contributed by atoms with Crippen LogP contribution in [0, 0.1) is 0 Å². The molecule has 0 aliphatic carbocycles. The van der Waals surface area contributed by atoms with Crippen LogP contribution in [-0.4, -0.2) is 23.6 Å². The van der Waals surface area contributed by atoms with Crippen molar-refractivity contribution in [3.63, 3.8) is 0 Å². The molecule has 0 saturated heterocycles. The number of aliphatic hydroxyl groups excluding tert-OH is 1. The molecule has 2 aromatic carbocycles. The van der Waals surface area contributed by atoms with Crippen molar-refractivity contribution in [2.75, 3.05) is 13.6 Å². The summed E-state index contributed by atoms with van der Waals surface area (Å²) in [5, 5.41) is 10.1. The van der Waals surface area contributed by atoms with Crippen LogP contribution in [0.25, 0.3) is 0 Å². The summed E-state index contributed by atoms with van der Waals surface area (Å²) >= 11 is 3.44. The summed E-state index contributed by atoms with van der Waals surface area (Å²) in [6.45, 7) is 1.76. The molecule has 0 saturated carbocycles. The van der Waals surface area contributed by atoms with E-state index in [4.69, 9.17) is 0 Å². The molecule has 0 radical (unpaired) electrons. The Morgan fingerprint density at radius 3 is 2.35 bits per heavy atom. The summed E-state index contributed by atoms with van der Waals surface area (Å²) in [4.78, 5) is 2.23. The van der Waals surface area contributed by atoms with Gasteiger partial charge in [-0.15, -0.1) is 0 Å². The highest BCUT2D eigenvalue weighted by molar-refractivity contribution is 9.10. The van der Waals surface area contributed by atoms with Gasteiger partial charge in [0.2, 0.25) is 0 Å². The number of rotatable bonds is 6. The molecule has 0 heterocycles. The van der Waals surface area contributed by atoms with Gasteiger partial charge in [0.1, 0.15) is 0 Å². The largest absolute Gasteiger partial charge is 0.388 e. The Hall–Kier alpha value is -1.16. The molecule has 2 nitrogen and oxygen atoms in total. The van der Waals surface area contributed by atoms with Crippen LogP contribution in [0.15, 0.2) is 59.1 Å². The number of halogens is 1. The van der Waals surface area contributed by atoms with E-state index in [1.54, 1.807) is 0 Å². The molecule has 0 aliphatic heterocycles. The molecule has 3 heteroatoms. The molecule has 1 N–H and O–H groups in total. The van der Waals surface area contributed by atoms with Gasteiger partial charge in [0.15, 0.2) is 0 Å².